The zero-order chi connectivity index (χ0) is 19.1. The molecule has 1 aliphatic rings. The molecule has 2 N–H and O–H groups in total. The van der Waals surface area contributed by atoms with E-state index in [9.17, 15) is 9.90 Å². The summed E-state index contributed by atoms with van der Waals surface area (Å²) in [5.74, 6) is 0.917. The van der Waals surface area contributed by atoms with Crippen molar-refractivity contribution in [1.29, 1.82) is 0 Å². The Hall–Kier alpha value is -2.27. The molecule has 1 amide bonds. The second-order valence-electron chi connectivity index (χ2n) is 6.98. The van der Waals surface area contributed by atoms with Crippen LogP contribution in [-0.2, 0) is 17.8 Å². The van der Waals surface area contributed by atoms with Crippen molar-refractivity contribution in [2.75, 3.05) is 18.0 Å². The van der Waals surface area contributed by atoms with Crippen LogP contribution in [0, 0.1) is 0 Å². The van der Waals surface area contributed by atoms with Gasteiger partial charge in [-0.05, 0) is 36.6 Å². The predicted molar refractivity (Wildman–Crippen MR) is 108 cm³/mol. The zero-order valence-electron chi connectivity index (χ0n) is 15.5. The number of amides is 1. The van der Waals surface area contributed by atoms with E-state index in [1.165, 1.54) is 38.2 Å². The molecule has 1 aromatic heterocycles. The van der Waals surface area contributed by atoms with E-state index >= 15 is 0 Å². The number of benzene rings is 1. The van der Waals surface area contributed by atoms with E-state index in [-0.39, 0.29) is 23.1 Å². The van der Waals surface area contributed by atoms with Gasteiger partial charge in [-0.15, -0.1) is 0 Å². The van der Waals surface area contributed by atoms with E-state index in [0.717, 1.165) is 30.0 Å². The number of hydrogen-bond acceptors (Lipinski definition) is 4. The highest BCUT2D eigenvalue weighted by molar-refractivity contribution is 6.32. The number of aromatic nitrogens is 1. The molecule has 1 aromatic carbocycles. The molecule has 144 valence electrons. The Bertz CT molecular complexity index is 774. The van der Waals surface area contributed by atoms with Crippen molar-refractivity contribution in [1.82, 2.24) is 10.3 Å². The number of carbonyl (C=O) groups is 1. The van der Waals surface area contributed by atoms with Crippen LogP contribution < -0.4 is 10.2 Å². The van der Waals surface area contributed by atoms with Crippen molar-refractivity contribution in [2.24, 2.45) is 0 Å². The first-order valence-electron chi connectivity index (χ1n) is 9.56. The van der Waals surface area contributed by atoms with E-state index < -0.39 is 0 Å². The summed E-state index contributed by atoms with van der Waals surface area (Å²) in [6, 6.07) is 8.77. The van der Waals surface area contributed by atoms with Crippen molar-refractivity contribution in [3.05, 3.63) is 52.7 Å². The molecule has 2 aromatic rings. The van der Waals surface area contributed by atoms with Gasteiger partial charge in [0.05, 0.1) is 11.4 Å². The van der Waals surface area contributed by atoms with Gasteiger partial charge in [0.15, 0.2) is 0 Å². The Morgan fingerprint density at radius 2 is 1.89 bits per heavy atom. The summed E-state index contributed by atoms with van der Waals surface area (Å²) < 4.78 is 0. The number of rotatable bonds is 5. The standard InChI is InChI=1S/C21H26ClN3O2/c22-18-13-16(8-9-19(18)26)14-20(27)24-15-17-7-6-10-23-21(17)25-11-4-2-1-3-5-12-25/h6-10,13,26H,1-5,11-12,14-15H2,(H,24,27). The summed E-state index contributed by atoms with van der Waals surface area (Å²) in [5, 5.41) is 12.7. The minimum absolute atomic E-state index is 0.0223. The number of hydrogen-bond donors (Lipinski definition) is 2. The monoisotopic (exact) mass is 387 g/mol. The third kappa shape index (κ3) is 5.60. The number of nitrogens with zero attached hydrogens (tertiary/aromatic N) is 2. The van der Waals surface area contributed by atoms with Gasteiger partial charge in [-0.3, -0.25) is 4.79 Å². The SMILES string of the molecule is O=C(Cc1ccc(O)c(Cl)c1)NCc1cccnc1N1CCCCCCC1. The molecular weight excluding hydrogens is 362 g/mol. The van der Waals surface area contributed by atoms with E-state index in [0.29, 0.717) is 6.54 Å². The van der Waals surface area contributed by atoms with Crippen LogP contribution in [0.5, 0.6) is 5.75 Å². The number of aromatic hydroxyl groups is 1. The van der Waals surface area contributed by atoms with Gasteiger partial charge in [-0.2, -0.15) is 0 Å². The first-order valence-corrected chi connectivity index (χ1v) is 9.94. The zero-order valence-corrected chi connectivity index (χ0v) is 16.2. The fourth-order valence-corrected chi connectivity index (χ4v) is 3.62. The largest absolute Gasteiger partial charge is 0.506 e. The molecular formula is C21H26ClN3O2. The lowest BCUT2D eigenvalue weighted by Crippen LogP contribution is -2.31. The Labute approximate surface area is 165 Å². The van der Waals surface area contributed by atoms with Crippen LogP contribution in [0.3, 0.4) is 0 Å². The summed E-state index contributed by atoms with van der Waals surface area (Å²) >= 11 is 5.91. The quantitative estimate of drug-likeness (QED) is 0.811. The molecule has 1 saturated heterocycles. The molecule has 1 aliphatic heterocycles. The van der Waals surface area contributed by atoms with Crippen molar-refractivity contribution in [3.63, 3.8) is 0 Å². The molecule has 5 nitrogen and oxygen atoms in total. The minimum Gasteiger partial charge on any atom is -0.506 e. The Morgan fingerprint density at radius 3 is 2.63 bits per heavy atom. The minimum atomic E-state index is -0.0841. The number of pyridine rings is 1. The van der Waals surface area contributed by atoms with Crippen LogP contribution >= 0.6 is 11.6 Å². The first-order chi connectivity index (χ1) is 13.1. The normalized spacial score (nSPS) is 15.1. The highest BCUT2D eigenvalue weighted by Crippen LogP contribution is 2.24. The molecule has 6 heteroatoms. The van der Waals surface area contributed by atoms with Crippen molar-refractivity contribution >= 4 is 23.3 Å². The third-order valence-corrected chi connectivity index (χ3v) is 5.18. The van der Waals surface area contributed by atoms with Gasteiger partial charge in [0, 0.05) is 31.4 Å². The molecule has 0 unspecified atom stereocenters. The van der Waals surface area contributed by atoms with Crippen LogP contribution in [-0.4, -0.2) is 29.1 Å². The lowest BCUT2D eigenvalue weighted by molar-refractivity contribution is -0.120. The summed E-state index contributed by atoms with van der Waals surface area (Å²) in [6.07, 6.45) is 8.26. The molecule has 0 atom stereocenters. The molecule has 0 saturated carbocycles. The van der Waals surface area contributed by atoms with Gasteiger partial charge in [0.2, 0.25) is 5.91 Å². The fourth-order valence-electron chi connectivity index (χ4n) is 3.41. The van der Waals surface area contributed by atoms with Gasteiger partial charge in [-0.1, -0.05) is 43.0 Å². The summed E-state index contributed by atoms with van der Waals surface area (Å²) in [5.41, 5.74) is 1.81. The molecule has 0 aliphatic carbocycles. The molecule has 3 rings (SSSR count). The lowest BCUT2D eigenvalue weighted by Gasteiger charge is -2.27. The number of carbonyl (C=O) groups excluding carboxylic acids is 1. The summed E-state index contributed by atoms with van der Waals surface area (Å²) in [6.45, 7) is 2.48. The maximum absolute atomic E-state index is 12.3. The fraction of sp³-hybridized carbons (Fsp3) is 0.429. The van der Waals surface area contributed by atoms with Crippen LogP contribution in [0.15, 0.2) is 36.5 Å². The van der Waals surface area contributed by atoms with Crippen molar-refractivity contribution in [2.45, 2.75) is 45.1 Å². The number of nitrogens with one attached hydrogen (secondary N) is 1. The number of halogens is 1. The number of anilines is 1. The van der Waals surface area contributed by atoms with E-state index in [1.54, 1.807) is 12.1 Å². The molecule has 0 radical (unpaired) electrons. The highest BCUT2D eigenvalue weighted by Gasteiger charge is 2.15. The average Bonchev–Trinajstić information content (AvgIpc) is 2.63. The van der Waals surface area contributed by atoms with E-state index in [2.05, 4.69) is 15.2 Å². The molecule has 0 bridgehead atoms. The van der Waals surface area contributed by atoms with Crippen LogP contribution in [0.25, 0.3) is 0 Å². The van der Waals surface area contributed by atoms with Gasteiger partial charge in [0.1, 0.15) is 11.6 Å². The maximum Gasteiger partial charge on any atom is 0.224 e. The maximum atomic E-state index is 12.3. The van der Waals surface area contributed by atoms with Gasteiger partial charge < -0.3 is 15.3 Å². The average molecular weight is 388 g/mol. The smallest absolute Gasteiger partial charge is 0.224 e. The number of phenols is 1. The Balaban J connectivity index is 1.61. The van der Waals surface area contributed by atoms with Gasteiger partial charge in [0.25, 0.3) is 0 Å². The van der Waals surface area contributed by atoms with Gasteiger partial charge in [-0.25, -0.2) is 4.98 Å². The predicted octanol–water partition coefficient (Wildman–Crippen LogP) is 4.07. The lowest BCUT2D eigenvalue weighted by atomic mass is 10.1. The molecule has 0 spiro atoms. The third-order valence-electron chi connectivity index (χ3n) is 4.88. The van der Waals surface area contributed by atoms with Gasteiger partial charge >= 0.3 is 0 Å². The topological polar surface area (TPSA) is 65.5 Å². The Morgan fingerprint density at radius 1 is 1.15 bits per heavy atom. The highest BCUT2D eigenvalue weighted by atomic mass is 35.5. The molecule has 1 fully saturated rings. The molecule has 2 heterocycles. The van der Waals surface area contributed by atoms with Crippen LogP contribution in [0.4, 0.5) is 5.82 Å². The van der Waals surface area contributed by atoms with Crippen molar-refractivity contribution in [3.8, 4) is 5.75 Å². The van der Waals surface area contributed by atoms with E-state index in [4.69, 9.17) is 11.6 Å². The second kappa shape index (κ2) is 9.60. The summed E-state index contributed by atoms with van der Waals surface area (Å²) in [4.78, 5) is 19.3. The van der Waals surface area contributed by atoms with E-state index in [1.807, 2.05) is 18.3 Å². The second-order valence-corrected chi connectivity index (χ2v) is 7.39. The molecule has 27 heavy (non-hydrogen) atoms. The summed E-state index contributed by atoms with van der Waals surface area (Å²) in [7, 11) is 0. The van der Waals surface area contributed by atoms with Crippen LogP contribution in [0.1, 0.15) is 43.2 Å². The number of phenolic OH excluding ortho intramolecular Hbond substituents is 1. The van der Waals surface area contributed by atoms with Crippen molar-refractivity contribution < 1.29 is 9.90 Å². The first kappa shape index (κ1) is 19.5. The van der Waals surface area contributed by atoms with Crippen LogP contribution in [0.2, 0.25) is 5.02 Å². The Kier molecular flexibility index (Phi) is 6.93.